The zero-order chi connectivity index (χ0) is 20.9. The van der Waals surface area contributed by atoms with E-state index in [1.54, 1.807) is 0 Å². The highest BCUT2D eigenvalue weighted by atomic mass is 16.5. The second kappa shape index (κ2) is 13.3. The van der Waals surface area contributed by atoms with Gasteiger partial charge in [-0.1, -0.05) is 74.4 Å². The van der Waals surface area contributed by atoms with Crippen molar-refractivity contribution >= 4 is 11.8 Å². The Morgan fingerprint density at radius 3 is 2.28 bits per heavy atom. The number of benzene rings is 1. The van der Waals surface area contributed by atoms with Crippen molar-refractivity contribution in [2.45, 2.75) is 84.0 Å². The van der Waals surface area contributed by atoms with Crippen LogP contribution < -0.4 is 0 Å². The van der Waals surface area contributed by atoms with Gasteiger partial charge in [0.05, 0.1) is 7.11 Å². The Hall–Kier alpha value is -1.90. The van der Waals surface area contributed by atoms with Gasteiger partial charge in [-0.05, 0) is 56.6 Å². The van der Waals surface area contributed by atoms with Gasteiger partial charge in [-0.2, -0.15) is 0 Å². The van der Waals surface area contributed by atoms with Crippen molar-refractivity contribution in [3.63, 3.8) is 0 Å². The molecule has 160 valence electrons. The third-order valence-electron chi connectivity index (χ3n) is 6.14. The molecule has 3 nitrogen and oxygen atoms in total. The minimum absolute atomic E-state index is 0.126. The summed E-state index contributed by atoms with van der Waals surface area (Å²) in [7, 11) is 1.44. The first-order valence-electron chi connectivity index (χ1n) is 11.4. The predicted molar refractivity (Wildman–Crippen MR) is 119 cm³/mol. The van der Waals surface area contributed by atoms with Gasteiger partial charge in [-0.3, -0.25) is 9.59 Å². The zero-order valence-electron chi connectivity index (χ0n) is 18.3. The summed E-state index contributed by atoms with van der Waals surface area (Å²) in [6, 6.07) is 8.87. The summed E-state index contributed by atoms with van der Waals surface area (Å²) in [5.74, 6) is 0.834. The first-order chi connectivity index (χ1) is 14.1. The highest BCUT2D eigenvalue weighted by Crippen LogP contribution is 2.31. The Morgan fingerprint density at radius 1 is 0.897 bits per heavy atom. The van der Waals surface area contributed by atoms with E-state index in [-0.39, 0.29) is 11.9 Å². The number of aryl methyl sites for hydroxylation is 2. The van der Waals surface area contributed by atoms with Crippen molar-refractivity contribution in [2.24, 2.45) is 11.8 Å². The van der Waals surface area contributed by atoms with E-state index in [2.05, 4.69) is 42.0 Å². The largest absolute Gasteiger partial charge is 0.469 e. The van der Waals surface area contributed by atoms with Crippen LogP contribution in [0, 0.1) is 18.8 Å². The van der Waals surface area contributed by atoms with E-state index in [4.69, 9.17) is 0 Å². The number of carbonyl (C=O) groups is 2. The fourth-order valence-corrected chi connectivity index (χ4v) is 4.25. The second-order valence-corrected chi connectivity index (χ2v) is 8.50. The minimum Gasteiger partial charge on any atom is -0.469 e. The molecule has 1 aromatic carbocycles. The molecule has 0 N–H and O–H groups in total. The van der Waals surface area contributed by atoms with Crippen molar-refractivity contribution in [2.75, 3.05) is 7.11 Å². The van der Waals surface area contributed by atoms with E-state index < -0.39 is 0 Å². The molecule has 1 unspecified atom stereocenters. The number of unbranched alkanes of at least 4 members (excludes halogenated alkanes) is 6. The summed E-state index contributed by atoms with van der Waals surface area (Å²) < 4.78 is 4.66. The molecule has 0 radical (unpaired) electrons. The Labute approximate surface area is 176 Å². The number of methoxy groups -OCH3 is 1. The molecule has 29 heavy (non-hydrogen) atoms. The molecule has 1 aromatic rings. The molecular weight excluding hydrogens is 360 g/mol. The van der Waals surface area contributed by atoms with Crippen molar-refractivity contribution in [3.05, 3.63) is 47.5 Å². The molecule has 0 saturated carbocycles. The van der Waals surface area contributed by atoms with Gasteiger partial charge in [0.15, 0.2) is 5.78 Å². The van der Waals surface area contributed by atoms with Crippen LogP contribution in [0.5, 0.6) is 0 Å². The first kappa shape index (κ1) is 23.4. The van der Waals surface area contributed by atoms with Crippen LogP contribution in [-0.4, -0.2) is 18.9 Å². The van der Waals surface area contributed by atoms with Crippen LogP contribution in [0.2, 0.25) is 0 Å². The van der Waals surface area contributed by atoms with Crippen LogP contribution in [0.1, 0.15) is 81.8 Å². The van der Waals surface area contributed by atoms with Gasteiger partial charge >= 0.3 is 5.97 Å². The van der Waals surface area contributed by atoms with Crippen LogP contribution >= 0.6 is 0 Å². The van der Waals surface area contributed by atoms with Crippen molar-refractivity contribution in [1.82, 2.24) is 0 Å². The molecule has 0 saturated heterocycles. The van der Waals surface area contributed by atoms with Gasteiger partial charge in [0, 0.05) is 12.3 Å². The van der Waals surface area contributed by atoms with E-state index in [0.29, 0.717) is 18.1 Å². The number of rotatable bonds is 14. The number of esters is 1. The molecule has 2 atom stereocenters. The normalized spacial score (nSPS) is 18.3. The van der Waals surface area contributed by atoms with Gasteiger partial charge in [-0.25, -0.2) is 0 Å². The Kier molecular flexibility index (Phi) is 10.8. The van der Waals surface area contributed by atoms with Crippen molar-refractivity contribution < 1.29 is 14.3 Å². The molecule has 1 aliphatic rings. The van der Waals surface area contributed by atoms with Crippen molar-refractivity contribution in [3.8, 4) is 0 Å². The smallest absolute Gasteiger partial charge is 0.305 e. The average Bonchev–Trinajstić information content (AvgIpc) is 3.07. The molecule has 0 amide bonds. The van der Waals surface area contributed by atoms with Crippen LogP contribution in [0.25, 0.3) is 0 Å². The summed E-state index contributed by atoms with van der Waals surface area (Å²) >= 11 is 0. The maximum Gasteiger partial charge on any atom is 0.305 e. The summed E-state index contributed by atoms with van der Waals surface area (Å²) in [6.45, 7) is 2.13. The minimum atomic E-state index is -0.126. The third-order valence-corrected chi connectivity index (χ3v) is 6.14. The number of ether oxygens (including phenoxy) is 1. The predicted octanol–water partition coefficient (Wildman–Crippen LogP) is 6.37. The quantitative estimate of drug-likeness (QED) is 0.270. The molecule has 0 aromatic heterocycles. The number of allylic oxidation sites excluding steroid dienone is 2. The second-order valence-electron chi connectivity index (χ2n) is 8.50. The molecule has 1 aliphatic carbocycles. The van der Waals surface area contributed by atoms with Crippen LogP contribution in [0.15, 0.2) is 36.4 Å². The van der Waals surface area contributed by atoms with Crippen LogP contribution in [0.3, 0.4) is 0 Å². The molecule has 3 heteroatoms. The summed E-state index contributed by atoms with van der Waals surface area (Å²) in [6.07, 6.45) is 16.8. The lowest BCUT2D eigenvalue weighted by molar-refractivity contribution is -0.140. The molecule has 0 bridgehead atoms. The summed E-state index contributed by atoms with van der Waals surface area (Å²) in [5, 5.41) is 0. The molecule has 0 heterocycles. The fourth-order valence-electron chi connectivity index (χ4n) is 4.25. The number of hydrogen-bond donors (Lipinski definition) is 0. The first-order valence-corrected chi connectivity index (χ1v) is 11.4. The van der Waals surface area contributed by atoms with Gasteiger partial charge in [-0.15, -0.1) is 0 Å². The third kappa shape index (κ3) is 8.97. The van der Waals surface area contributed by atoms with E-state index >= 15 is 0 Å². The highest BCUT2D eigenvalue weighted by molar-refractivity contribution is 5.94. The monoisotopic (exact) mass is 398 g/mol. The van der Waals surface area contributed by atoms with Gasteiger partial charge in [0.2, 0.25) is 0 Å². The Bertz CT molecular complexity index is 644. The van der Waals surface area contributed by atoms with Crippen LogP contribution in [-0.2, 0) is 20.7 Å². The number of hydrogen-bond acceptors (Lipinski definition) is 3. The maximum atomic E-state index is 12.2. The molecule has 2 rings (SSSR count). The van der Waals surface area contributed by atoms with E-state index in [1.165, 1.54) is 50.3 Å². The Morgan fingerprint density at radius 2 is 1.55 bits per heavy atom. The average molecular weight is 399 g/mol. The number of ketones is 1. The SMILES string of the molecule is COC(=O)CCCCCCC1C(=O)C=C[C@H]1CCCCCCc1ccc(C)cc1. The lowest BCUT2D eigenvalue weighted by atomic mass is 9.86. The molecule has 0 aliphatic heterocycles. The van der Waals surface area contributed by atoms with E-state index in [0.717, 1.165) is 38.5 Å². The lowest BCUT2D eigenvalue weighted by Crippen LogP contribution is -2.16. The van der Waals surface area contributed by atoms with Crippen molar-refractivity contribution in [1.29, 1.82) is 0 Å². The number of carbonyl (C=O) groups excluding carboxylic acids is 2. The fraction of sp³-hybridized carbons (Fsp3) is 0.615. The molecule has 0 fully saturated rings. The highest BCUT2D eigenvalue weighted by Gasteiger charge is 2.28. The Balaban J connectivity index is 1.54. The maximum absolute atomic E-state index is 12.2. The molecular formula is C26H38O3. The van der Waals surface area contributed by atoms with E-state index in [1.807, 2.05) is 6.08 Å². The zero-order valence-corrected chi connectivity index (χ0v) is 18.3. The summed E-state index contributed by atoms with van der Waals surface area (Å²) in [5.41, 5.74) is 2.76. The standard InChI is InChI=1S/C26H38O3/c1-21-15-17-22(18-16-21)11-7-3-4-8-12-23-19-20-25(27)24(23)13-9-5-6-10-14-26(28)29-2/h15-20,23-24H,3-14H2,1-2H3/t23-,24?/m1/s1. The lowest BCUT2D eigenvalue weighted by Gasteiger charge is -2.18. The van der Waals surface area contributed by atoms with E-state index in [9.17, 15) is 9.59 Å². The summed E-state index contributed by atoms with van der Waals surface area (Å²) in [4.78, 5) is 23.3. The van der Waals surface area contributed by atoms with Gasteiger partial charge in [0.25, 0.3) is 0 Å². The topological polar surface area (TPSA) is 43.4 Å². The van der Waals surface area contributed by atoms with Gasteiger partial charge < -0.3 is 4.74 Å². The molecule has 0 spiro atoms. The van der Waals surface area contributed by atoms with Crippen LogP contribution in [0.4, 0.5) is 0 Å². The van der Waals surface area contributed by atoms with Gasteiger partial charge in [0.1, 0.15) is 0 Å².